The normalized spacial score (nSPS) is 17.9. The molecule has 2 aliphatic rings. The number of benzene rings is 1. The number of H-pyrrole nitrogens is 1. The molecule has 1 aromatic heterocycles. The van der Waals surface area contributed by atoms with Crippen LogP contribution in [0.2, 0.25) is 10.0 Å². The smallest absolute Gasteiger partial charge is 0.326 e. The molecule has 2 saturated heterocycles. The zero-order valence-corrected chi connectivity index (χ0v) is 18.0. The number of imidazole rings is 1. The van der Waals surface area contributed by atoms with E-state index in [1.54, 1.807) is 17.0 Å². The number of aryl methyl sites for hydroxylation is 1. The van der Waals surface area contributed by atoms with Gasteiger partial charge in [0.2, 0.25) is 11.8 Å². The number of nitrogens with one attached hydrogen (secondary N) is 1. The molecule has 2 amide bonds. The fraction of sp³-hybridized carbons (Fsp3) is 0.450. The van der Waals surface area contributed by atoms with E-state index in [1.807, 2.05) is 4.90 Å². The van der Waals surface area contributed by atoms with Crippen molar-refractivity contribution >= 4 is 46.0 Å². The fourth-order valence-corrected chi connectivity index (χ4v) is 4.39. The number of nitrogens with zero attached hydrogens (tertiary/aromatic N) is 4. The van der Waals surface area contributed by atoms with Crippen molar-refractivity contribution in [3.63, 3.8) is 0 Å². The molecule has 1 N–H and O–H groups in total. The van der Waals surface area contributed by atoms with Gasteiger partial charge in [0.15, 0.2) is 0 Å². The molecule has 160 valence electrons. The second-order valence-corrected chi connectivity index (χ2v) is 8.45. The first-order valence-corrected chi connectivity index (χ1v) is 10.6. The van der Waals surface area contributed by atoms with Crippen molar-refractivity contribution in [3.05, 3.63) is 45.3 Å². The molecular formula is C20H23Cl2N5O3. The Morgan fingerprint density at radius 2 is 1.77 bits per heavy atom. The Morgan fingerprint density at radius 1 is 1.10 bits per heavy atom. The van der Waals surface area contributed by atoms with Gasteiger partial charge in [0, 0.05) is 58.3 Å². The van der Waals surface area contributed by atoms with Crippen molar-refractivity contribution in [1.82, 2.24) is 24.3 Å². The van der Waals surface area contributed by atoms with Crippen molar-refractivity contribution in [2.24, 2.45) is 0 Å². The molecule has 0 spiro atoms. The topological polar surface area (TPSA) is 81.7 Å². The van der Waals surface area contributed by atoms with Crippen LogP contribution in [0.5, 0.6) is 0 Å². The van der Waals surface area contributed by atoms with Crippen molar-refractivity contribution in [1.29, 1.82) is 0 Å². The average Bonchev–Trinajstić information content (AvgIpc) is 2.99. The molecule has 0 bridgehead atoms. The van der Waals surface area contributed by atoms with E-state index in [2.05, 4.69) is 16.5 Å². The van der Waals surface area contributed by atoms with E-state index in [4.69, 9.17) is 23.2 Å². The lowest BCUT2D eigenvalue weighted by molar-refractivity contribution is -0.136. The van der Waals surface area contributed by atoms with Crippen molar-refractivity contribution in [2.45, 2.75) is 19.0 Å². The number of halogens is 2. The highest BCUT2D eigenvalue weighted by molar-refractivity contribution is 6.42. The van der Waals surface area contributed by atoms with Crippen LogP contribution in [0.3, 0.4) is 0 Å². The fourth-order valence-electron chi connectivity index (χ4n) is 4.07. The van der Waals surface area contributed by atoms with E-state index in [1.165, 1.54) is 10.6 Å². The standard InChI is InChI=1S/C20H23Cl2N5O3/c1-2-18(28)26-11-13(12-26)24-5-7-25(8-6-24)19(29)3-4-27-17-10-15(22)14(21)9-16(17)23-20(27)30/h2,9-10,13H,1,3-8,11-12H2,(H,23,30). The first-order valence-electron chi connectivity index (χ1n) is 9.88. The van der Waals surface area contributed by atoms with Crippen LogP contribution in [0, 0.1) is 0 Å². The molecule has 0 aliphatic carbocycles. The van der Waals surface area contributed by atoms with E-state index in [0.29, 0.717) is 40.2 Å². The molecule has 0 atom stereocenters. The third-order valence-corrected chi connectivity index (χ3v) is 6.62. The summed E-state index contributed by atoms with van der Waals surface area (Å²) in [6, 6.07) is 3.61. The minimum absolute atomic E-state index is 0.0213. The number of piperazine rings is 1. The summed E-state index contributed by atoms with van der Waals surface area (Å²) in [5, 5.41) is 0.735. The van der Waals surface area contributed by atoms with Crippen LogP contribution in [-0.2, 0) is 16.1 Å². The number of amides is 2. The number of likely N-dealkylation sites (tertiary alicyclic amines) is 1. The predicted octanol–water partition coefficient (Wildman–Crippen LogP) is 1.57. The van der Waals surface area contributed by atoms with E-state index < -0.39 is 0 Å². The number of rotatable bonds is 5. The highest BCUT2D eigenvalue weighted by atomic mass is 35.5. The zero-order chi connectivity index (χ0) is 21.4. The Bertz CT molecular complexity index is 1050. The summed E-state index contributed by atoms with van der Waals surface area (Å²) in [6.45, 7) is 8.09. The van der Waals surface area contributed by atoms with E-state index >= 15 is 0 Å². The van der Waals surface area contributed by atoms with E-state index in [-0.39, 0.29) is 30.5 Å². The first kappa shape index (κ1) is 21.0. The van der Waals surface area contributed by atoms with Gasteiger partial charge in [-0.1, -0.05) is 29.8 Å². The van der Waals surface area contributed by atoms with Crippen molar-refractivity contribution in [3.8, 4) is 0 Å². The monoisotopic (exact) mass is 451 g/mol. The number of aromatic nitrogens is 2. The molecule has 10 heteroatoms. The maximum absolute atomic E-state index is 12.7. The summed E-state index contributed by atoms with van der Waals surface area (Å²) < 4.78 is 1.52. The third-order valence-electron chi connectivity index (χ3n) is 5.90. The van der Waals surface area contributed by atoms with Crippen LogP contribution in [0.1, 0.15) is 6.42 Å². The highest BCUT2D eigenvalue weighted by Crippen LogP contribution is 2.26. The van der Waals surface area contributed by atoms with Crippen molar-refractivity contribution in [2.75, 3.05) is 39.3 Å². The summed E-state index contributed by atoms with van der Waals surface area (Å²) in [7, 11) is 0. The Kier molecular flexibility index (Phi) is 5.90. The van der Waals surface area contributed by atoms with Crippen LogP contribution in [0.4, 0.5) is 0 Å². The van der Waals surface area contributed by atoms with Crippen LogP contribution < -0.4 is 5.69 Å². The van der Waals surface area contributed by atoms with Gasteiger partial charge in [0.1, 0.15) is 0 Å². The predicted molar refractivity (Wildman–Crippen MR) is 116 cm³/mol. The van der Waals surface area contributed by atoms with Gasteiger partial charge >= 0.3 is 5.69 Å². The van der Waals surface area contributed by atoms with Gasteiger partial charge in [-0.25, -0.2) is 4.79 Å². The van der Waals surface area contributed by atoms with Crippen LogP contribution in [0.25, 0.3) is 11.0 Å². The lowest BCUT2D eigenvalue weighted by atomic mass is 10.1. The Hall–Kier alpha value is -2.29. The lowest BCUT2D eigenvalue weighted by Crippen LogP contribution is -2.64. The second-order valence-electron chi connectivity index (χ2n) is 7.63. The summed E-state index contributed by atoms with van der Waals surface area (Å²) in [5.41, 5.74) is 0.945. The summed E-state index contributed by atoms with van der Waals surface area (Å²) >= 11 is 12.1. The summed E-state index contributed by atoms with van der Waals surface area (Å²) in [4.78, 5) is 45.2. The third kappa shape index (κ3) is 3.99. The Balaban J connectivity index is 1.30. The first-order chi connectivity index (χ1) is 14.4. The Morgan fingerprint density at radius 3 is 2.43 bits per heavy atom. The van der Waals surface area contributed by atoms with Gasteiger partial charge in [-0.05, 0) is 18.2 Å². The van der Waals surface area contributed by atoms with Gasteiger partial charge < -0.3 is 14.8 Å². The maximum atomic E-state index is 12.7. The van der Waals surface area contributed by atoms with E-state index in [9.17, 15) is 14.4 Å². The molecule has 0 radical (unpaired) electrons. The molecule has 2 aliphatic heterocycles. The van der Waals surface area contributed by atoms with Crippen molar-refractivity contribution < 1.29 is 9.59 Å². The van der Waals surface area contributed by atoms with Crippen LogP contribution >= 0.6 is 23.2 Å². The number of aromatic amines is 1. The van der Waals surface area contributed by atoms with E-state index in [0.717, 1.165) is 26.2 Å². The quantitative estimate of drug-likeness (QED) is 0.699. The van der Waals surface area contributed by atoms with Crippen LogP contribution in [-0.4, -0.2) is 81.4 Å². The van der Waals surface area contributed by atoms with Gasteiger partial charge in [0.25, 0.3) is 0 Å². The molecular weight excluding hydrogens is 429 g/mol. The average molecular weight is 452 g/mol. The molecule has 2 fully saturated rings. The van der Waals surface area contributed by atoms with Gasteiger partial charge in [-0.15, -0.1) is 0 Å². The number of carbonyl (C=O) groups excluding carboxylic acids is 2. The number of fused-ring (bicyclic) bond motifs is 1. The highest BCUT2D eigenvalue weighted by Gasteiger charge is 2.35. The Labute approximate surface area is 183 Å². The van der Waals surface area contributed by atoms with Gasteiger partial charge in [-0.3, -0.25) is 19.1 Å². The molecule has 0 unspecified atom stereocenters. The SMILES string of the molecule is C=CC(=O)N1CC(N2CCN(C(=O)CCn3c(=O)[nH]c4cc(Cl)c(Cl)cc43)CC2)C1. The maximum Gasteiger partial charge on any atom is 0.326 e. The molecule has 8 nitrogen and oxygen atoms in total. The number of hydrogen-bond acceptors (Lipinski definition) is 4. The van der Waals surface area contributed by atoms with Gasteiger partial charge in [0.05, 0.1) is 21.1 Å². The molecule has 3 heterocycles. The molecule has 1 aromatic carbocycles. The number of hydrogen-bond donors (Lipinski definition) is 1. The van der Waals surface area contributed by atoms with Gasteiger partial charge in [-0.2, -0.15) is 0 Å². The minimum atomic E-state index is -0.287. The second kappa shape index (κ2) is 8.45. The van der Waals surface area contributed by atoms with Crippen LogP contribution in [0.15, 0.2) is 29.6 Å². The molecule has 2 aromatic rings. The summed E-state index contributed by atoms with van der Waals surface area (Å²) in [5.74, 6) is -0.0100. The zero-order valence-electron chi connectivity index (χ0n) is 16.4. The molecule has 30 heavy (non-hydrogen) atoms. The minimum Gasteiger partial charge on any atom is -0.340 e. The summed E-state index contributed by atoms with van der Waals surface area (Å²) in [6.07, 6.45) is 1.58. The largest absolute Gasteiger partial charge is 0.340 e. The molecule has 4 rings (SSSR count). The lowest BCUT2D eigenvalue weighted by Gasteiger charge is -2.47. The molecule has 0 saturated carbocycles. The number of carbonyl (C=O) groups is 2.